The highest BCUT2D eigenvalue weighted by Crippen LogP contribution is 2.31. The molecule has 0 bridgehead atoms. The lowest BCUT2D eigenvalue weighted by Crippen LogP contribution is -2.54. The van der Waals surface area contributed by atoms with E-state index in [2.05, 4.69) is 21.2 Å². The molecule has 3 aliphatic rings. The van der Waals surface area contributed by atoms with Crippen molar-refractivity contribution in [1.82, 2.24) is 30.7 Å². The van der Waals surface area contributed by atoms with E-state index in [1.807, 2.05) is 0 Å². The van der Waals surface area contributed by atoms with Crippen LogP contribution >= 0.6 is 0 Å². The number of carbonyl (C=O) groups excluding carboxylic acids is 1. The Morgan fingerprint density at radius 2 is 2.21 bits per heavy atom. The molecule has 2 fully saturated rings. The molecular formula is C13H17F3N6O2. The van der Waals surface area contributed by atoms with Crippen molar-refractivity contribution in [1.29, 1.82) is 0 Å². The number of nitrogens with one attached hydrogen (secondary N) is 2. The summed E-state index contributed by atoms with van der Waals surface area (Å²) < 4.78 is 45.7. The zero-order valence-electron chi connectivity index (χ0n) is 12.7. The molecule has 0 aliphatic carbocycles. The smallest absolute Gasteiger partial charge is 0.370 e. The highest BCUT2D eigenvalue weighted by atomic mass is 19.4. The molecule has 4 rings (SSSR count). The zero-order chi connectivity index (χ0) is 16.9. The molecule has 4 atom stereocenters. The molecular weight excluding hydrogens is 329 g/mol. The van der Waals surface area contributed by atoms with Crippen molar-refractivity contribution in [2.45, 2.75) is 49.9 Å². The Labute approximate surface area is 135 Å². The first-order valence-corrected chi connectivity index (χ1v) is 7.80. The van der Waals surface area contributed by atoms with Crippen molar-refractivity contribution < 1.29 is 22.7 Å². The minimum atomic E-state index is -4.37. The SMILES string of the molecule is O=C(C1CC(C(F)(F)F)NN1)N1CC[C@H]2OCc3cnnn3[C@@H]2C1. The van der Waals surface area contributed by atoms with Crippen molar-refractivity contribution in [3.8, 4) is 0 Å². The van der Waals surface area contributed by atoms with Gasteiger partial charge in [-0.15, -0.1) is 5.10 Å². The minimum absolute atomic E-state index is 0.0548. The lowest BCUT2D eigenvalue weighted by Gasteiger charge is -2.41. The first-order valence-electron chi connectivity index (χ1n) is 7.80. The Balaban J connectivity index is 1.44. The van der Waals surface area contributed by atoms with Crippen molar-refractivity contribution in [3.63, 3.8) is 0 Å². The molecule has 3 aliphatic heterocycles. The molecule has 1 amide bonds. The predicted octanol–water partition coefficient (Wildman–Crippen LogP) is -0.252. The summed E-state index contributed by atoms with van der Waals surface area (Å²) in [5.41, 5.74) is 5.47. The van der Waals surface area contributed by atoms with Crippen molar-refractivity contribution >= 4 is 5.91 Å². The quantitative estimate of drug-likeness (QED) is 0.729. The van der Waals surface area contributed by atoms with E-state index in [9.17, 15) is 18.0 Å². The fraction of sp³-hybridized carbons (Fsp3) is 0.769. The summed E-state index contributed by atoms with van der Waals surface area (Å²) in [6.45, 7) is 1.25. The van der Waals surface area contributed by atoms with Gasteiger partial charge in [0.15, 0.2) is 0 Å². The van der Waals surface area contributed by atoms with Crippen LogP contribution in [0.5, 0.6) is 0 Å². The van der Waals surface area contributed by atoms with E-state index >= 15 is 0 Å². The molecule has 11 heteroatoms. The number of piperidine rings is 1. The van der Waals surface area contributed by atoms with E-state index < -0.39 is 18.3 Å². The van der Waals surface area contributed by atoms with Gasteiger partial charge in [-0.1, -0.05) is 5.21 Å². The fourth-order valence-electron chi connectivity index (χ4n) is 3.53. The summed E-state index contributed by atoms with van der Waals surface area (Å²) in [5.74, 6) is -0.333. The standard InChI is InChI=1S/C13H17F3N6O2/c14-13(15,16)11-3-8(18-19-11)12(23)21-2-1-10-9(5-21)22-7(6-24-10)4-17-20-22/h4,8-11,18-19H,1-3,5-6H2/t8?,9-,10-,11?/m1/s1. The molecule has 1 aromatic heterocycles. The molecule has 4 heterocycles. The summed E-state index contributed by atoms with van der Waals surface area (Å²) >= 11 is 0. The number of amides is 1. The maximum Gasteiger partial charge on any atom is 0.405 e. The number of alkyl halides is 3. The van der Waals surface area contributed by atoms with Crippen LogP contribution in [0.3, 0.4) is 0 Å². The number of hydrogen-bond donors (Lipinski definition) is 2. The van der Waals surface area contributed by atoms with E-state index in [1.54, 1.807) is 15.8 Å². The van der Waals surface area contributed by atoms with Gasteiger partial charge >= 0.3 is 6.18 Å². The van der Waals surface area contributed by atoms with Gasteiger partial charge in [-0.25, -0.2) is 15.5 Å². The number of rotatable bonds is 1. The summed E-state index contributed by atoms with van der Waals surface area (Å²) in [6, 6.07) is -2.74. The second-order valence-electron chi connectivity index (χ2n) is 6.33. The summed E-state index contributed by atoms with van der Waals surface area (Å²) in [6.07, 6.45) is -2.49. The van der Waals surface area contributed by atoms with E-state index in [-0.39, 0.29) is 24.5 Å². The Morgan fingerprint density at radius 3 is 2.96 bits per heavy atom. The first-order chi connectivity index (χ1) is 11.4. The highest BCUT2D eigenvalue weighted by Gasteiger charge is 2.47. The van der Waals surface area contributed by atoms with Crippen LogP contribution < -0.4 is 10.9 Å². The number of hydrazine groups is 1. The summed E-state index contributed by atoms with van der Waals surface area (Å²) in [4.78, 5) is 14.2. The van der Waals surface area contributed by atoms with Crippen LogP contribution in [0.4, 0.5) is 13.2 Å². The predicted molar refractivity (Wildman–Crippen MR) is 73.4 cm³/mol. The lowest BCUT2D eigenvalue weighted by molar-refractivity contribution is -0.153. The third kappa shape index (κ3) is 2.66. The molecule has 0 radical (unpaired) electrons. The van der Waals surface area contributed by atoms with Crippen LogP contribution in [0.25, 0.3) is 0 Å². The molecule has 0 saturated carbocycles. The average Bonchev–Trinajstić information content (AvgIpc) is 3.22. The number of halogens is 3. The molecule has 2 N–H and O–H groups in total. The van der Waals surface area contributed by atoms with E-state index in [1.165, 1.54) is 0 Å². The number of fused-ring (bicyclic) bond motifs is 3. The van der Waals surface area contributed by atoms with Gasteiger partial charge < -0.3 is 9.64 Å². The van der Waals surface area contributed by atoms with Crippen LogP contribution in [-0.4, -0.2) is 63.3 Å². The largest absolute Gasteiger partial charge is 0.405 e. The van der Waals surface area contributed by atoms with Crippen LogP contribution in [0.1, 0.15) is 24.6 Å². The maximum absolute atomic E-state index is 12.7. The Hall–Kier alpha value is -1.72. The van der Waals surface area contributed by atoms with Gasteiger partial charge in [-0.3, -0.25) is 4.79 Å². The van der Waals surface area contributed by atoms with Crippen molar-refractivity contribution in [3.05, 3.63) is 11.9 Å². The zero-order valence-corrected chi connectivity index (χ0v) is 12.7. The summed E-state index contributed by atoms with van der Waals surface area (Å²) in [5, 5.41) is 7.91. The van der Waals surface area contributed by atoms with Crippen LogP contribution in [0.15, 0.2) is 6.20 Å². The summed E-state index contributed by atoms with van der Waals surface area (Å²) in [7, 11) is 0. The average molecular weight is 346 g/mol. The van der Waals surface area contributed by atoms with Crippen LogP contribution in [0, 0.1) is 0 Å². The Kier molecular flexibility index (Phi) is 3.73. The molecule has 2 unspecified atom stereocenters. The van der Waals surface area contributed by atoms with Crippen LogP contribution in [-0.2, 0) is 16.1 Å². The van der Waals surface area contributed by atoms with Gasteiger partial charge in [-0.05, 0) is 12.8 Å². The molecule has 8 nitrogen and oxygen atoms in total. The maximum atomic E-state index is 12.7. The molecule has 0 aromatic carbocycles. The topological polar surface area (TPSA) is 84.3 Å². The third-order valence-corrected chi connectivity index (χ3v) is 4.84. The normalized spacial score (nSPS) is 33.2. The number of likely N-dealkylation sites (tertiary alicyclic amines) is 1. The van der Waals surface area contributed by atoms with Gasteiger partial charge in [0.25, 0.3) is 0 Å². The monoisotopic (exact) mass is 346 g/mol. The molecule has 1 aromatic rings. The molecule has 24 heavy (non-hydrogen) atoms. The first kappa shape index (κ1) is 15.8. The number of carbonyl (C=O) groups is 1. The number of aromatic nitrogens is 3. The molecule has 2 saturated heterocycles. The number of ether oxygens (including phenoxy) is 1. The van der Waals surface area contributed by atoms with Gasteiger partial charge in [0, 0.05) is 13.1 Å². The minimum Gasteiger partial charge on any atom is -0.370 e. The Bertz CT molecular complexity index is 635. The Morgan fingerprint density at radius 1 is 1.38 bits per heavy atom. The molecule has 0 spiro atoms. The van der Waals surface area contributed by atoms with E-state index in [4.69, 9.17) is 4.74 Å². The fourth-order valence-corrected chi connectivity index (χ4v) is 3.53. The van der Waals surface area contributed by atoms with Gasteiger partial charge in [0.1, 0.15) is 12.1 Å². The van der Waals surface area contributed by atoms with Crippen molar-refractivity contribution in [2.24, 2.45) is 0 Å². The second kappa shape index (κ2) is 5.67. The number of nitrogens with zero attached hydrogens (tertiary/aromatic N) is 4. The third-order valence-electron chi connectivity index (χ3n) is 4.84. The number of hydrogen-bond acceptors (Lipinski definition) is 6. The van der Waals surface area contributed by atoms with E-state index in [0.717, 1.165) is 5.69 Å². The van der Waals surface area contributed by atoms with E-state index in [0.29, 0.717) is 26.1 Å². The molecule has 132 valence electrons. The van der Waals surface area contributed by atoms with Gasteiger partial charge in [-0.2, -0.15) is 13.2 Å². The van der Waals surface area contributed by atoms with Crippen LogP contribution in [0.2, 0.25) is 0 Å². The second-order valence-corrected chi connectivity index (χ2v) is 6.33. The van der Waals surface area contributed by atoms with Gasteiger partial charge in [0.2, 0.25) is 5.91 Å². The lowest BCUT2D eigenvalue weighted by atomic mass is 9.99. The van der Waals surface area contributed by atoms with Crippen molar-refractivity contribution in [2.75, 3.05) is 13.1 Å². The van der Waals surface area contributed by atoms with Gasteiger partial charge in [0.05, 0.1) is 30.6 Å². The highest BCUT2D eigenvalue weighted by molar-refractivity contribution is 5.82.